The summed E-state index contributed by atoms with van der Waals surface area (Å²) in [6, 6.07) is 9.94. The Bertz CT molecular complexity index is 1330. The third kappa shape index (κ3) is 4.98. The third-order valence-corrected chi connectivity index (χ3v) is 5.28. The fourth-order valence-corrected chi connectivity index (χ4v) is 3.77. The largest absolute Gasteiger partial charge is 0.395 e. The zero-order chi connectivity index (χ0) is 23.6. The van der Waals surface area contributed by atoms with Crippen molar-refractivity contribution in [3.63, 3.8) is 0 Å². The monoisotopic (exact) mass is 448 g/mol. The molecule has 0 atom stereocenters. The molecule has 4 rings (SSSR count). The van der Waals surface area contributed by atoms with Crippen molar-refractivity contribution in [3.8, 4) is 11.3 Å². The number of nitrogens with zero attached hydrogens (tertiary/aromatic N) is 4. The molecular weight excluding hydrogens is 423 g/mol. The molecule has 0 aliphatic heterocycles. The van der Waals surface area contributed by atoms with Crippen LogP contribution >= 0.6 is 0 Å². The van der Waals surface area contributed by atoms with E-state index in [1.165, 1.54) is 16.7 Å². The van der Waals surface area contributed by atoms with E-state index in [1.807, 2.05) is 19.9 Å². The normalized spacial score (nSPS) is 11.6. The summed E-state index contributed by atoms with van der Waals surface area (Å²) in [6.07, 6.45) is 5.38. The second-order valence-corrected chi connectivity index (χ2v) is 8.50. The van der Waals surface area contributed by atoms with Gasteiger partial charge < -0.3 is 20.7 Å². The first-order valence-corrected chi connectivity index (χ1v) is 10.5. The van der Waals surface area contributed by atoms with E-state index in [-0.39, 0.29) is 30.5 Å². The second kappa shape index (κ2) is 8.95. The van der Waals surface area contributed by atoms with E-state index in [4.69, 9.17) is 10.7 Å². The number of fused-ring (bicyclic) bond motifs is 1. The molecule has 0 unspecified atom stereocenters. The van der Waals surface area contributed by atoms with Crippen LogP contribution < -0.4 is 16.6 Å². The molecule has 0 spiro atoms. The molecular formula is C24H25FN6O2. The molecule has 0 saturated carbocycles. The average molecular weight is 449 g/mol. The molecule has 170 valence electrons. The Balaban J connectivity index is 1.82. The number of halogens is 1. The summed E-state index contributed by atoms with van der Waals surface area (Å²) in [7, 11) is 0. The van der Waals surface area contributed by atoms with Crippen molar-refractivity contribution in [2.75, 3.05) is 17.7 Å². The van der Waals surface area contributed by atoms with Crippen molar-refractivity contribution >= 4 is 22.5 Å². The molecule has 0 aliphatic rings. The minimum Gasteiger partial charge on any atom is -0.395 e. The van der Waals surface area contributed by atoms with E-state index in [0.29, 0.717) is 34.3 Å². The minimum absolute atomic E-state index is 0.154. The van der Waals surface area contributed by atoms with Gasteiger partial charge in [-0.1, -0.05) is 12.1 Å². The van der Waals surface area contributed by atoms with E-state index in [2.05, 4.69) is 15.3 Å². The van der Waals surface area contributed by atoms with E-state index < -0.39 is 5.54 Å². The number of rotatable bonds is 7. The lowest BCUT2D eigenvalue weighted by molar-refractivity contribution is 0.274. The number of aliphatic hydroxyl groups is 1. The Morgan fingerprint density at radius 2 is 1.85 bits per heavy atom. The second-order valence-electron chi connectivity index (χ2n) is 8.50. The van der Waals surface area contributed by atoms with Crippen molar-refractivity contribution in [1.29, 1.82) is 0 Å². The van der Waals surface area contributed by atoms with Gasteiger partial charge in [-0.05, 0) is 55.5 Å². The number of benzene rings is 1. The summed E-state index contributed by atoms with van der Waals surface area (Å²) in [5.41, 5.74) is 7.03. The Morgan fingerprint density at radius 3 is 2.52 bits per heavy atom. The van der Waals surface area contributed by atoms with Gasteiger partial charge in [0.25, 0.3) is 5.56 Å². The van der Waals surface area contributed by atoms with Gasteiger partial charge in [0.05, 0.1) is 17.7 Å². The lowest BCUT2D eigenvalue weighted by Gasteiger charge is -2.28. The van der Waals surface area contributed by atoms with Crippen molar-refractivity contribution in [2.45, 2.75) is 32.4 Å². The smallest absolute Gasteiger partial charge is 0.262 e. The first-order chi connectivity index (χ1) is 15.8. The van der Waals surface area contributed by atoms with E-state index in [0.717, 1.165) is 5.56 Å². The summed E-state index contributed by atoms with van der Waals surface area (Å²) < 4.78 is 14.8. The highest BCUT2D eigenvalue weighted by molar-refractivity contribution is 5.94. The number of hydrogen-bond acceptors (Lipinski definition) is 7. The maximum Gasteiger partial charge on any atom is 0.262 e. The number of hydrogen-bond donors (Lipinski definition) is 3. The minimum atomic E-state index is -0.516. The van der Waals surface area contributed by atoms with Gasteiger partial charge in [-0.3, -0.25) is 4.79 Å². The first kappa shape index (κ1) is 22.3. The van der Waals surface area contributed by atoms with E-state index in [1.54, 1.807) is 36.8 Å². The summed E-state index contributed by atoms with van der Waals surface area (Å²) in [5, 5.41) is 13.8. The first-order valence-electron chi connectivity index (χ1n) is 10.5. The summed E-state index contributed by atoms with van der Waals surface area (Å²) >= 11 is 0. The number of nitrogens with one attached hydrogen (secondary N) is 1. The van der Waals surface area contributed by atoms with Crippen LogP contribution in [0.4, 0.5) is 16.2 Å². The third-order valence-electron chi connectivity index (χ3n) is 5.28. The molecule has 0 bridgehead atoms. The highest BCUT2D eigenvalue weighted by Gasteiger charge is 2.22. The highest BCUT2D eigenvalue weighted by atomic mass is 19.1. The van der Waals surface area contributed by atoms with Crippen LogP contribution in [0.5, 0.6) is 0 Å². The van der Waals surface area contributed by atoms with Gasteiger partial charge in [0.15, 0.2) is 0 Å². The fraction of sp³-hybridized carbons (Fsp3) is 0.250. The molecule has 0 radical (unpaired) electrons. The van der Waals surface area contributed by atoms with Gasteiger partial charge in [0.1, 0.15) is 11.6 Å². The zero-order valence-electron chi connectivity index (χ0n) is 18.4. The maximum absolute atomic E-state index is 13.3. The molecule has 1 aromatic carbocycles. The number of nitrogens with two attached hydrogens (primary N) is 1. The Hall–Kier alpha value is -3.85. The lowest BCUT2D eigenvalue weighted by atomic mass is 9.94. The maximum atomic E-state index is 13.3. The Kier molecular flexibility index (Phi) is 6.06. The fourth-order valence-electron chi connectivity index (χ4n) is 3.77. The number of anilines is 2. The highest BCUT2D eigenvalue weighted by Crippen LogP contribution is 2.28. The van der Waals surface area contributed by atoms with Gasteiger partial charge in [-0.25, -0.2) is 19.3 Å². The zero-order valence-corrected chi connectivity index (χ0v) is 18.4. The van der Waals surface area contributed by atoms with E-state index >= 15 is 0 Å². The predicted molar refractivity (Wildman–Crippen MR) is 126 cm³/mol. The van der Waals surface area contributed by atoms with Gasteiger partial charge in [0.2, 0.25) is 5.95 Å². The van der Waals surface area contributed by atoms with Crippen LogP contribution in [0.1, 0.15) is 19.4 Å². The SMILES string of the molecule is CC(C)(Cc1ccc(F)cc1)Nc1nc(-c2cnc(N)nc2)cc2ccn(CCO)c(=O)c12. The van der Waals surface area contributed by atoms with Crippen molar-refractivity contribution in [1.82, 2.24) is 19.5 Å². The quantitative estimate of drug-likeness (QED) is 0.398. The van der Waals surface area contributed by atoms with Crippen LogP contribution in [0.25, 0.3) is 22.0 Å². The predicted octanol–water partition coefficient (Wildman–Crippen LogP) is 3.00. The molecule has 4 N–H and O–H groups in total. The molecule has 9 heteroatoms. The van der Waals surface area contributed by atoms with E-state index in [9.17, 15) is 14.3 Å². The van der Waals surface area contributed by atoms with Gasteiger partial charge >= 0.3 is 0 Å². The van der Waals surface area contributed by atoms with Crippen molar-refractivity contribution in [3.05, 3.63) is 76.7 Å². The van der Waals surface area contributed by atoms with Gasteiger partial charge in [-0.2, -0.15) is 0 Å². The van der Waals surface area contributed by atoms with Crippen LogP contribution in [0.15, 0.2) is 59.8 Å². The molecule has 33 heavy (non-hydrogen) atoms. The topological polar surface area (TPSA) is 119 Å². The number of pyridine rings is 2. The summed E-state index contributed by atoms with van der Waals surface area (Å²) in [4.78, 5) is 26.0. The number of nitrogen functional groups attached to an aromatic ring is 1. The van der Waals surface area contributed by atoms with Crippen LogP contribution in [0.3, 0.4) is 0 Å². The van der Waals surface area contributed by atoms with Crippen molar-refractivity contribution < 1.29 is 9.50 Å². The number of aromatic nitrogens is 4. The van der Waals surface area contributed by atoms with Crippen LogP contribution in [-0.2, 0) is 13.0 Å². The Labute approximate surface area is 190 Å². The summed E-state index contributed by atoms with van der Waals surface area (Å²) in [5.74, 6) is 0.272. The summed E-state index contributed by atoms with van der Waals surface area (Å²) in [6.45, 7) is 4.00. The molecule has 0 aliphatic carbocycles. The van der Waals surface area contributed by atoms with Crippen LogP contribution in [-0.4, -0.2) is 36.8 Å². The van der Waals surface area contributed by atoms with Crippen LogP contribution in [0, 0.1) is 5.82 Å². The molecule has 3 aromatic heterocycles. The van der Waals surface area contributed by atoms with Crippen LogP contribution in [0.2, 0.25) is 0 Å². The average Bonchev–Trinajstić information content (AvgIpc) is 2.77. The molecule has 0 amide bonds. The number of aliphatic hydroxyl groups excluding tert-OH is 1. The molecule has 4 aromatic rings. The van der Waals surface area contributed by atoms with Gasteiger partial charge in [0, 0.05) is 36.2 Å². The van der Waals surface area contributed by atoms with Gasteiger partial charge in [-0.15, -0.1) is 0 Å². The van der Waals surface area contributed by atoms with Crippen molar-refractivity contribution in [2.24, 2.45) is 0 Å². The standard InChI is InChI=1S/C24H25FN6O2/c1-24(2,12-15-3-5-18(25)6-4-15)30-21-20-16(7-8-31(9-10-32)22(20)33)11-19(29-21)17-13-27-23(26)28-14-17/h3-8,11,13-14,32H,9-10,12H2,1-2H3,(H,29,30)(H2,26,27,28). The molecule has 0 saturated heterocycles. The molecule has 8 nitrogen and oxygen atoms in total. The Morgan fingerprint density at radius 1 is 1.15 bits per heavy atom. The molecule has 0 fully saturated rings. The molecule has 3 heterocycles. The lowest BCUT2D eigenvalue weighted by Crippen LogP contribution is -2.35.